The number of amides is 1. The van der Waals surface area contributed by atoms with Gasteiger partial charge in [0.2, 0.25) is 5.91 Å². The van der Waals surface area contributed by atoms with Crippen LogP contribution >= 0.6 is 22.9 Å². The molecule has 0 aromatic carbocycles. The van der Waals surface area contributed by atoms with Crippen LogP contribution < -0.4 is 5.32 Å². The number of hydrogen-bond donors (Lipinski definition) is 1. The van der Waals surface area contributed by atoms with Crippen LogP contribution in [-0.4, -0.2) is 35.4 Å². The zero-order valence-corrected chi connectivity index (χ0v) is 11.4. The number of carbonyl (C=O) groups excluding carboxylic acids is 1. The van der Waals surface area contributed by atoms with Crippen LogP contribution in [0.4, 0.5) is 0 Å². The van der Waals surface area contributed by atoms with Gasteiger partial charge in [-0.05, 0) is 19.9 Å². The van der Waals surface area contributed by atoms with Gasteiger partial charge in [-0.15, -0.1) is 22.9 Å². The Bertz CT molecular complexity index is 392. The lowest BCUT2D eigenvalue weighted by atomic mass is 10.4. The van der Waals surface area contributed by atoms with Gasteiger partial charge in [-0.1, -0.05) is 0 Å². The van der Waals surface area contributed by atoms with Crippen molar-refractivity contribution in [3.8, 4) is 0 Å². The van der Waals surface area contributed by atoms with E-state index in [9.17, 15) is 4.79 Å². The molecule has 1 saturated carbocycles. The molecule has 4 nitrogen and oxygen atoms in total. The average Bonchev–Trinajstić information content (AvgIpc) is 2.95. The smallest absolute Gasteiger partial charge is 0.234 e. The molecule has 0 saturated heterocycles. The van der Waals surface area contributed by atoms with E-state index in [4.69, 9.17) is 11.6 Å². The molecular formula is C11H16ClN3OS. The van der Waals surface area contributed by atoms with E-state index in [1.54, 1.807) is 11.3 Å². The van der Waals surface area contributed by atoms with Gasteiger partial charge in [-0.25, -0.2) is 4.98 Å². The molecule has 1 fully saturated rings. The van der Waals surface area contributed by atoms with Gasteiger partial charge in [-0.3, -0.25) is 9.69 Å². The van der Waals surface area contributed by atoms with Crippen molar-refractivity contribution >= 4 is 28.8 Å². The number of thiazole rings is 1. The number of aromatic nitrogens is 1. The Balaban J connectivity index is 1.75. The molecule has 1 aromatic rings. The van der Waals surface area contributed by atoms with Crippen molar-refractivity contribution in [2.24, 2.45) is 0 Å². The molecule has 1 N–H and O–H groups in total. The van der Waals surface area contributed by atoms with Gasteiger partial charge < -0.3 is 5.32 Å². The Kier molecular flexibility index (Phi) is 4.36. The van der Waals surface area contributed by atoms with E-state index in [1.165, 1.54) is 0 Å². The molecule has 0 aliphatic heterocycles. The summed E-state index contributed by atoms with van der Waals surface area (Å²) in [5, 5.41) is 5.93. The first kappa shape index (κ1) is 12.8. The second-order valence-electron chi connectivity index (χ2n) is 4.38. The summed E-state index contributed by atoms with van der Waals surface area (Å²) in [6, 6.07) is 0.429. The third-order valence-electron chi connectivity index (χ3n) is 2.50. The van der Waals surface area contributed by atoms with Crippen molar-refractivity contribution in [2.75, 3.05) is 13.6 Å². The predicted octanol–water partition coefficient (Wildman–Crippen LogP) is 1.59. The fraction of sp³-hybridized carbons (Fsp3) is 0.636. The van der Waals surface area contributed by atoms with Crippen LogP contribution in [0, 0.1) is 0 Å². The molecule has 1 amide bonds. The van der Waals surface area contributed by atoms with Crippen molar-refractivity contribution in [3.05, 3.63) is 16.1 Å². The maximum absolute atomic E-state index is 11.6. The van der Waals surface area contributed by atoms with Crippen molar-refractivity contribution in [2.45, 2.75) is 31.3 Å². The lowest BCUT2D eigenvalue weighted by Crippen LogP contribution is -2.35. The van der Waals surface area contributed by atoms with E-state index in [0.717, 1.165) is 23.5 Å². The quantitative estimate of drug-likeness (QED) is 0.801. The number of nitrogens with one attached hydrogen (secondary N) is 1. The normalized spacial score (nSPS) is 15.2. The molecule has 6 heteroatoms. The Morgan fingerprint density at radius 1 is 1.71 bits per heavy atom. The highest BCUT2D eigenvalue weighted by molar-refractivity contribution is 7.09. The van der Waals surface area contributed by atoms with Crippen LogP contribution in [0.5, 0.6) is 0 Å². The van der Waals surface area contributed by atoms with E-state index >= 15 is 0 Å². The number of halogens is 1. The van der Waals surface area contributed by atoms with Gasteiger partial charge in [0.15, 0.2) is 0 Å². The minimum atomic E-state index is 0.101. The summed E-state index contributed by atoms with van der Waals surface area (Å²) in [4.78, 5) is 17.9. The number of hydrogen-bond acceptors (Lipinski definition) is 4. The van der Waals surface area contributed by atoms with E-state index in [2.05, 4.69) is 10.3 Å². The molecule has 0 radical (unpaired) electrons. The highest BCUT2D eigenvalue weighted by atomic mass is 35.5. The van der Waals surface area contributed by atoms with Gasteiger partial charge in [0.1, 0.15) is 5.01 Å². The zero-order chi connectivity index (χ0) is 12.3. The number of likely N-dealkylation sites (N-methyl/N-ethyl adjacent to an activating group) is 1. The molecule has 1 aromatic heterocycles. The maximum Gasteiger partial charge on any atom is 0.234 e. The van der Waals surface area contributed by atoms with Gasteiger partial charge in [-0.2, -0.15) is 0 Å². The minimum Gasteiger partial charge on any atom is -0.352 e. The number of carbonyl (C=O) groups is 1. The molecule has 1 aliphatic rings. The zero-order valence-electron chi connectivity index (χ0n) is 9.78. The summed E-state index contributed by atoms with van der Waals surface area (Å²) in [6.45, 7) is 1.12. The van der Waals surface area contributed by atoms with Gasteiger partial charge in [0, 0.05) is 11.4 Å². The number of nitrogens with zero attached hydrogens (tertiary/aromatic N) is 2. The molecule has 94 valence electrons. The van der Waals surface area contributed by atoms with Crippen LogP contribution in [0.15, 0.2) is 5.38 Å². The van der Waals surface area contributed by atoms with Crippen LogP contribution in [0.3, 0.4) is 0 Å². The summed E-state index contributed by atoms with van der Waals surface area (Å²) in [5.41, 5.74) is 0.905. The lowest BCUT2D eigenvalue weighted by molar-refractivity contribution is -0.122. The standard InChI is InChI=1S/C11H16ClN3OS/c1-15(5-10(16)13-8-2-3-8)6-11-14-9(4-12)7-17-11/h7-8H,2-6H2,1H3,(H,13,16). The largest absolute Gasteiger partial charge is 0.352 e. The molecule has 0 unspecified atom stereocenters. The fourth-order valence-corrected chi connectivity index (χ4v) is 2.62. The highest BCUT2D eigenvalue weighted by Crippen LogP contribution is 2.18. The van der Waals surface area contributed by atoms with Gasteiger partial charge >= 0.3 is 0 Å². The van der Waals surface area contributed by atoms with E-state index in [0.29, 0.717) is 25.0 Å². The molecule has 2 rings (SSSR count). The maximum atomic E-state index is 11.6. The summed E-state index contributed by atoms with van der Waals surface area (Å²) in [6.07, 6.45) is 2.25. The first-order valence-electron chi connectivity index (χ1n) is 5.64. The van der Waals surface area contributed by atoms with E-state index in [-0.39, 0.29) is 5.91 Å². The van der Waals surface area contributed by atoms with Gasteiger partial charge in [0.05, 0.1) is 24.7 Å². The van der Waals surface area contributed by atoms with Gasteiger partial charge in [0.25, 0.3) is 0 Å². The Morgan fingerprint density at radius 3 is 3.06 bits per heavy atom. The van der Waals surface area contributed by atoms with Crippen LogP contribution in [0.25, 0.3) is 0 Å². The SMILES string of the molecule is CN(CC(=O)NC1CC1)Cc1nc(CCl)cs1. The monoisotopic (exact) mass is 273 g/mol. The van der Waals surface area contributed by atoms with Crippen molar-refractivity contribution in [1.29, 1.82) is 0 Å². The highest BCUT2D eigenvalue weighted by Gasteiger charge is 2.23. The van der Waals surface area contributed by atoms with E-state index < -0.39 is 0 Å². The Morgan fingerprint density at radius 2 is 2.47 bits per heavy atom. The van der Waals surface area contributed by atoms with Crippen LogP contribution in [0.1, 0.15) is 23.5 Å². The molecular weight excluding hydrogens is 258 g/mol. The second kappa shape index (κ2) is 5.80. The Labute approximate surface area is 110 Å². The summed E-state index contributed by atoms with van der Waals surface area (Å²) in [5.74, 6) is 0.548. The summed E-state index contributed by atoms with van der Waals surface area (Å²) >= 11 is 7.28. The molecule has 0 spiro atoms. The van der Waals surface area contributed by atoms with E-state index in [1.807, 2.05) is 17.3 Å². The molecule has 1 heterocycles. The predicted molar refractivity (Wildman–Crippen MR) is 69.2 cm³/mol. The van der Waals surface area contributed by atoms with Crippen LogP contribution in [0.2, 0.25) is 0 Å². The van der Waals surface area contributed by atoms with Crippen molar-refractivity contribution < 1.29 is 4.79 Å². The second-order valence-corrected chi connectivity index (χ2v) is 5.59. The topological polar surface area (TPSA) is 45.2 Å². The molecule has 1 aliphatic carbocycles. The molecule has 0 atom stereocenters. The fourth-order valence-electron chi connectivity index (χ4n) is 1.52. The Hall–Kier alpha value is -0.650. The van der Waals surface area contributed by atoms with Crippen LogP contribution in [-0.2, 0) is 17.2 Å². The third kappa shape index (κ3) is 4.26. The number of rotatable bonds is 6. The average molecular weight is 274 g/mol. The number of alkyl halides is 1. The van der Waals surface area contributed by atoms with Crippen molar-refractivity contribution in [1.82, 2.24) is 15.2 Å². The summed E-state index contributed by atoms with van der Waals surface area (Å²) < 4.78 is 0. The molecule has 17 heavy (non-hydrogen) atoms. The first-order valence-corrected chi connectivity index (χ1v) is 7.06. The minimum absolute atomic E-state index is 0.101. The summed E-state index contributed by atoms with van der Waals surface area (Å²) in [7, 11) is 1.92. The third-order valence-corrected chi connectivity index (χ3v) is 3.65. The first-order chi connectivity index (χ1) is 8.17. The lowest BCUT2D eigenvalue weighted by Gasteiger charge is -2.14. The van der Waals surface area contributed by atoms with Crippen molar-refractivity contribution in [3.63, 3.8) is 0 Å². The molecule has 0 bridgehead atoms.